The van der Waals surface area contributed by atoms with E-state index in [0.29, 0.717) is 5.95 Å². The summed E-state index contributed by atoms with van der Waals surface area (Å²) in [5.41, 5.74) is 5.49. The lowest BCUT2D eigenvalue weighted by Gasteiger charge is -2.30. The number of nitrogens with zero attached hydrogens (tertiary/aromatic N) is 3. The van der Waals surface area contributed by atoms with Gasteiger partial charge in [-0.3, -0.25) is 0 Å². The number of hydrogen-bond acceptors (Lipinski definition) is 5. The van der Waals surface area contributed by atoms with E-state index in [9.17, 15) is 5.11 Å². The molecule has 1 aliphatic heterocycles. The zero-order valence-corrected chi connectivity index (χ0v) is 7.93. The molecule has 0 unspecified atom stereocenters. The highest BCUT2D eigenvalue weighted by atomic mass is 16.3. The summed E-state index contributed by atoms with van der Waals surface area (Å²) in [6.45, 7) is 1.66. The van der Waals surface area contributed by atoms with Crippen molar-refractivity contribution in [3.8, 4) is 0 Å². The molecule has 2 heterocycles. The van der Waals surface area contributed by atoms with E-state index >= 15 is 0 Å². The third-order valence-corrected chi connectivity index (χ3v) is 2.45. The summed E-state index contributed by atoms with van der Waals surface area (Å²) in [5.74, 6) is 1.15. The van der Waals surface area contributed by atoms with Gasteiger partial charge in [0.25, 0.3) is 0 Å². The van der Waals surface area contributed by atoms with Crippen LogP contribution in [-0.4, -0.2) is 34.3 Å². The van der Waals surface area contributed by atoms with Crippen molar-refractivity contribution in [1.29, 1.82) is 0 Å². The summed E-state index contributed by atoms with van der Waals surface area (Å²) in [6, 6.07) is 1.84. The Balaban J connectivity index is 2.08. The topological polar surface area (TPSA) is 75.3 Å². The molecule has 3 N–H and O–H groups in total. The molecule has 1 saturated heterocycles. The van der Waals surface area contributed by atoms with E-state index in [2.05, 4.69) is 14.9 Å². The molecule has 0 aromatic carbocycles. The van der Waals surface area contributed by atoms with Crippen LogP contribution in [0.3, 0.4) is 0 Å². The first-order valence-corrected chi connectivity index (χ1v) is 4.77. The number of anilines is 2. The van der Waals surface area contributed by atoms with Crippen LogP contribution in [0.2, 0.25) is 0 Å². The minimum Gasteiger partial charge on any atom is -0.393 e. The van der Waals surface area contributed by atoms with Crippen molar-refractivity contribution in [2.75, 3.05) is 23.7 Å². The molecule has 5 heteroatoms. The van der Waals surface area contributed by atoms with Crippen LogP contribution in [-0.2, 0) is 0 Å². The molecular weight excluding hydrogens is 180 g/mol. The van der Waals surface area contributed by atoms with Crippen molar-refractivity contribution in [3.63, 3.8) is 0 Å². The third kappa shape index (κ3) is 1.93. The smallest absolute Gasteiger partial charge is 0.221 e. The molecule has 0 bridgehead atoms. The monoisotopic (exact) mass is 194 g/mol. The standard InChI is InChI=1S/C9H14N4O/c10-9-11-4-1-8(12-9)13-5-2-7(14)3-6-13/h1,4,7,14H,2-3,5-6H2,(H2,10,11,12). The molecule has 0 radical (unpaired) electrons. The van der Waals surface area contributed by atoms with Gasteiger partial charge in [-0.15, -0.1) is 0 Å². The largest absolute Gasteiger partial charge is 0.393 e. The summed E-state index contributed by atoms with van der Waals surface area (Å²) >= 11 is 0. The van der Waals surface area contributed by atoms with Gasteiger partial charge in [0.15, 0.2) is 0 Å². The zero-order valence-electron chi connectivity index (χ0n) is 7.93. The highest BCUT2D eigenvalue weighted by Gasteiger charge is 2.17. The van der Waals surface area contributed by atoms with E-state index in [-0.39, 0.29) is 6.10 Å². The van der Waals surface area contributed by atoms with Crippen LogP contribution in [0.5, 0.6) is 0 Å². The van der Waals surface area contributed by atoms with Gasteiger partial charge in [-0.2, -0.15) is 4.98 Å². The molecule has 76 valence electrons. The van der Waals surface area contributed by atoms with Crippen molar-refractivity contribution >= 4 is 11.8 Å². The van der Waals surface area contributed by atoms with Crippen LogP contribution < -0.4 is 10.6 Å². The highest BCUT2D eigenvalue weighted by Crippen LogP contribution is 2.17. The van der Waals surface area contributed by atoms with E-state index < -0.39 is 0 Å². The zero-order chi connectivity index (χ0) is 9.97. The van der Waals surface area contributed by atoms with Gasteiger partial charge in [0.2, 0.25) is 5.95 Å². The molecule has 1 aromatic rings. The van der Waals surface area contributed by atoms with E-state index in [1.54, 1.807) is 6.20 Å². The van der Waals surface area contributed by atoms with Gasteiger partial charge in [-0.1, -0.05) is 0 Å². The van der Waals surface area contributed by atoms with Gasteiger partial charge in [-0.25, -0.2) is 4.98 Å². The average Bonchev–Trinajstić information content (AvgIpc) is 2.19. The lowest BCUT2D eigenvalue weighted by atomic mass is 10.1. The molecule has 0 amide bonds. The number of piperidine rings is 1. The lowest BCUT2D eigenvalue weighted by molar-refractivity contribution is 0.145. The predicted molar refractivity (Wildman–Crippen MR) is 53.9 cm³/mol. The highest BCUT2D eigenvalue weighted by molar-refractivity contribution is 5.41. The van der Waals surface area contributed by atoms with Gasteiger partial charge in [0, 0.05) is 19.3 Å². The lowest BCUT2D eigenvalue weighted by Crippen LogP contribution is -2.36. The molecule has 2 rings (SSSR count). The second-order valence-electron chi connectivity index (χ2n) is 3.49. The number of nitrogen functional groups attached to an aromatic ring is 1. The van der Waals surface area contributed by atoms with Crippen LogP contribution in [0, 0.1) is 0 Å². The normalized spacial score (nSPS) is 18.5. The van der Waals surface area contributed by atoms with Gasteiger partial charge in [-0.05, 0) is 18.9 Å². The summed E-state index contributed by atoms with van der Waals surface area (Å²) in [7, 11) is 0. The fraction of sp³-hybridized carbons (Fsp3) is 0.556. The molecule has 14 heavy (non-hydrogen) atoms. The number of hydrogen-bond donors (Lipinski definition) is 2. The number of nitrogens with two attached hydrogens (primary N) is 1. The first-order chi connectivity index (χ1) is 6.75. The Kier molecular flexibility index (Phi) is 2.49. The maximum Gasteiger partial charge on any atom is 0.221 e. The Morgan fingerprint density at radius 1 is 1.43 bits per heavy atom. The maximum atomic E-state index is 9.34. The van der Waals surface area contributed by atoms with E-state index in [4.69, 9.17) is 5.73 Å². The average molecular weight is 194 g/mol. The number of aromatic nitrogens is 2. The van der Waals surface area contributed by atoms with Crippen LogP contribution in [0.15, 0.2) is 12.3 Å². The van der Waals surface area contributed by atoms with Crippen LogP contribution in [0.4, 0.5) is 11.8 Å². The molecule has 0 atom stereocenters. The second kappa shape index (κ2) is 3.79. The van der Waals surface area contributed by atoms with Gasteiger partial charge in [0.1, 0.15) is 5.82 Å². The molecule has 0 aliphatic carbocycles. The Labute approximate surface area is 82.6 Å². The quantitative estimate of drug-likeness (QED) is 0.659. The van der Waals surface area contributed by atoms with E-state index in [0.717, 1.165) is 31.7 Å². The van der Waals surface area contributed by atoms with E-state index in [1.807, 2.05) is 6.07 Å². The molecule has 5 nitrogen and oxygen atoms in total. The minimum absolute atomic E-state index is 0.162. The maximum absolute atomic E-state index is 9.34. The SMILES string of the molecule is Nc1nccc(N2CCC(O)CC2)n1. The first-order valence-electron chi connectivity index (χ1n) is 4.77. The Bertz CT molecular complexity index is 309. The summed E-state index contributed by atoms with van der Waals surface area (Å²) in [5, 5.41) is 9.34. The summed E-state index contributed by atoms with van der Waals surface area (Å²) < 4.78 is 0. The minimum atomic E-state index is -0.162. The van der Waals surface area contributed by atoms with Gasteiger partial charge in [0.05, 0.1) is 6.10 Å². The van der Waals surface area contributed by atoms with Crippen LogP contribution in [0.25, 0.3) is 0 Å². The fourth-order valence-electron chi connectivity index (χ4n) is 1.63. The fourth-order valence-corrected chi connectivity index (χ4v) is 1.63. The molecule has 1 aromatic heterocycles. The van der Waals surface area contributed by atoms with E-state index in [1.165, 1.54) is 0 Å². The Morgan fingerprint density at radius 3 is 2.79 bits per heavy atom. The third-order valence-electron chi connectivity index (χ3n) is 2.45. The molecule has 1 aliphatic rings. The van der Waals surface area contributed by atoms with Crippen LogP contribution >= 0.6 is 0 Å². The van der Waals surface area contributed by atoms with Crippen molar-refractivity contribution in [2.24, 2.45) is 0 Å². The van der Waals surface area contributed by atoms with Gasteiger partial charge >= 0.3 is 0 Å². The molecule has 0 saturated carbocycles. The Hall–Kier alpha value is -1.36. The van der Waals surface area contributed by atoms with Crippen molar-refractivity contribution in [3.05, 3.63) is 12.3 Å². The van der Waals surface area contributed by atoms with Crippen LogP contribution in [0.1, 0.15) is 12.8 Å². The van der Waals surface area contributed by atoms with Gasteiger partial charge < -0.3 is 15.7 Å². The summed E-state index contributed by atoms with van der Waals surface area (Å²) in [6.07, 6.45) is 3.08. The molecule has 0 spiro atoms. The van der Waals surface area contributed by atoms with Crippen molar-refractivity contribution in [1.82, 2.24) is 9.97 Å². The molecule has 1 fully saturated rings. The summed E-state index contributed by atoms with van der Waals surface area (Å²) in [4.78, 5) is 10.1. The number of aliphatic hydroxyl groups is 1. The first kappa shape index (κ1) is 9.21. The predicted octanol–water partition coefficient (Wildman–Crippen LogP) is 0.0199. The number of aliphatic hydroxyl groups excluding tert-OH is 1. The van der Waals surface area contributed by atoms with Crippen molar-refractivity contribution in [2.45, 2.75) is 18.9 Å². The number of rotatable bonds is 1. The van der Waals surface area contributed by atoms with Crippen molar-refractivity contribution < 1.29 is 5.11 Å². The Morgan fingerprint density at radius 2 is 2.14 bits per heavy atom. The second-order valence-corrected chi connectivity index (χ2v) is 3.49. The molecular formula is C9H14N4O.